The fourth-order valence-corrected chi connectivity index (χ4v) is 3.12. The molecule has 5 nitrogen and oxygen atoms in total. The summed E-state index contributed by atoms with van der Waals surface area (Å²) in [5.41, 5.74) is 2.56. The van der Waals surface area contributed by atoms with Gasteiger partial charge >= 0.3 is 0 Å². The molecule has 0 N–H and O–H groups in total. The molecule has 0 saturated carbocycles. The Morgan fingerprint density at radius 1 is 1.22 bits per heavy atom. The predicted molar refractivity (Wildman–Crippen MR) is 104 cm³/mol. The number of carbonyl (C=O) groups is 1. The quantitative estimate of drug-likeness (QED) is 0.664. The minimum absolute atomic E-state index is 0.213. The molecule has 1 aromatic heterocycles. The van der Waals surface area contributed by atoms with Gasteiger partial charge in [-0.05, 0) is 35.9 Å². The van der Waals surface area contributed by atoms with E-state index in [1.54, 1.807) is 42.3 Å². The molecule has 0 aliphatic carbocycles. The summed E-state index contributed by atoms with van der Waals surface area (Å²) >= 11 is 6.42. The molecule has 1 amide bonds. The molecule has 0 atom stereocenters. The lowest BCUT2D eigenvalue weighted by Gasteiger charge is -2.20. The summed E-state index contributed by atoms with van der Waals surface area (Å²) in [4.78, 5) is 14.5. The van der Waals surface area contributed by atoms with E-state index < -0.39 is 0 Å². The van der Waals surface area contributed by atoms with Crippen molar-refractivity contribution in [3.8, 4) is 17.5 Å². The third-order valence-corrected chi connectivity index (χ3v) is 4.51. The second kappa shape index (κ2) is 7.98. The standard InChI is InChI=1S/C21H18ClN3O2/c1-24(14-16-7-5-6-15(10-16)13-23)21(26)17-11-18(22)19(12-20(17)27-2)25-8-3-4-9-25/h3-12H,14H2,1-2H3. The van der Waals surface area contributed by atoms with Crippen LogP contribution in [-0.4, -0.2) is 29.5 Å². The number of amides is 1. The first-order valence-corrected chi connectivity index (χ1v) is 8.66. The van der Waals surface area contributed by atoms with Gasteiger partial charge in [0.1, 0.15) is 5.75 Å². The van der Waals surface area contributed by atoms with Gasteiger partial charge in [0.25, 0.3) is 5.91 Å². The molecule has 2 aromatic carbocycles. The number of nitriles is 1. The molecule has 3 aromatic rings. The summed E-state index contributed by atoms with van der Waals surface area (Å²) in [6, 6.07) is 16.4. The van der Waals surface area contributed by atoms with Crippen LogP contribution in [0.3, 0.4) is 0 Å². The molecule has 0 fully saturated rings. The van der Waals surface area contributed by atoms with E-state index in [9.17, 15) is 4.79 Å². The Kier molecular flexibility index (Phi) is 5.49. The van der Waals surface area contributed by atoms with Crippen LogP contribution in [-0.2, 0) is 6.54 Å². The zero-order chi connectivity index (χ0) is 19.4. The van der Waals surface area contributed by atoms with Crippen LogP contribution >= 0.6 is 11.6 Å². The molecule has 27 heavy (non-hydrogen) atoms. The lowest BCUT2D eigenvalue weighted by Crippen LogP contribution is -2.26. The average molecular weight is 380 g/mol. The van der Waals surface area contributed by atoms with Gasteiger partial charge in [0, 0.05) is 32.1 Å². The van der Waals surface area contributed by atoms with Crippen LogP contribution in [0.15, 0.2) is 60.9 Å². The number of aromatic nitrogens is 1. The van der Waals surface area contributed by atoms with Crippen molar-refractivity contribution >= 4 is 17.5 Å². The van der Waals surface area contributed by atoms with E-state index >= 15 is 0 Å². The highest BCUT2D eigenvalue weighted by atomic mass is 35.5. The fraction of sp³-hybridized carbons (Fsp3) is 0.143. The van der Waals surface area contributed by atoms with Gasteiger partial charge in [-0.25, -0.2) is 0 Å². The number of carbonyl (C=O) groups excluding carboxylic acids is 1. The highest BCUT2D eigenvalue weighted by Gasteiger charge is 2.20. The minimum atomic E-state index is -0.213. The smallest absolute Gasteiger partial charge is 0.257 e. The first-order chi connectivity index (χ1) is 13.0. The molecular weight excluding hydrogens is 362 g/mol. The number of benzene rings is 2. The van der Waals surface area contributed by atoms with Gasteiger partial charge in [-0.3, -0.25) is 4.79 Å². The summed E-state index contributed by atoms with van der Waals surface area (Å²) in [6.07, 6.45) is 3.74. The summed E-state index contributed by atoms with van der Waals surface area (Å²) in [6.45, 7) is 0.370. The number of hydrogen-bond donors (Lipinski definition) is 0. The maximum atomic E-state index is 12.9. The lowest BCUT2D eigenvalue weighted by molar-refractivity contribution is 0.0781. The van der Waals surface area contributed by atoms with Gasteiger partial charge in [0.15, 0.2) is 0 Å². The molecule has 0 bridgehead atoms. The fourth-order valence-electron chi connectivity index (χ4n) is 2.86. The first-order valence-electron chi connectivity index (χ1n) is 8.29. The molecule has 0 aliphatic heterocycles. The van der Waals surface area contributed by atoms with Crippen molar-refractivity contribution in [2.24, 2.45) is 0 Å². The molecule has 0 saturated heterocycles. The van der Waals surface area contributed by atoms with E-state index in [1.807, 2.05) is 35.2 Å². The van der Waals surface area contributed by atoms with Crippen LogP contribution in [0.2, 0.25) is 5.02 Å². The van der Waals surface area contributed by atoms with Crippen LogP contribution in [0, 0.1) is 11.3 Å². The van der Waals surface area contributed by atoms with Crippen molar-refractivity contribution in [1.29, 1.82) is 5.26 Å². The summed E-state index contributed by atoms with van der Waals surface area (Å²) in [7, 11) is 3.23. The molecule has 6 heteroatoms. The average Bonchev–Trinajstić information content (AvgIpc) is 3.21. The molecule has 0 unspecified atom stereocenters. The van der Waals surface area contributed by atoms with Crippen molar-refractivity contribution in [3.05, 3.63) is 82.6 Å². The van der Waals surface area contributed by atoms with Crippen LogP contribution < -0.4 is 4.74 Å². The van der Waals surface area contributed by atoms with Crippen molar-refractivity contribution in [1.82, 2.24) is 9.47 Å². The largest absolute Gasteiger partial charge is 0.496 e. The topological polar surface area (TPSA) is 58.3 Å². The van der Waals surface area contributed by atoms with E-state index in [2.05, 4.69) is 6.07 Å². The summed E-state index contributed by atoms with van der Waals surface area (Å²) in [5, 5.41) is 9.48. The van der Waals surface area contributed by atoms with E-state index in [1.165, 1.54) is 7.11 Å². The second-order valence-corrected chi connectivity index (χ2v) is 6.47. The Morgan fingerprint density at radius 3 is 2.63 bits per heavy atom. The van der Waals surface area contributed by atoms with Crippen molar-refractivity contribution in [2.75, 3.05) is 14.2 Å². The zero-order valence-corrected chi connectivity index (χ0v) is 15.8. The lowest BCUT2D eigenvalue weighted by atomic mass is 10.1. The summed E-state index contributed by atoms with van der Waals surface area (Å²) < 4.78 is 7.29. The number of nitrogens with zero attached hydrogens (tertiary/aromatic N) is 3. The van der Waals surface area contributed by atoms with Crippen LogP contribution in [0.1, 0.15) is 21.5 Å². The Morgan fingerprint density at radius 2 is 1.96 bits per heavy atom. The maximum absolute atomic E-state index is 12.9. The predicted octanol–water partition coefficient (Wildman–Crippen LogP) is 4.28. The molecule has 1 heterocycles. The minimum Gasteiger partial charge on any atom is -0.496 e. The highest BCUT2D eigenvalue weighted by molar-refractivity contribution is 6.33. The monoisotopic (exact) mass is 379 g/mol. The van der Waals surface area contributed by atoms with Gasteiger partial charge in [-0.15, -0.1) is 0 Å². The van der Waals surface area contributed by atoms with Gasteiger partial charge in [-0.2, -0.15) is 5.26 Å². The zero-order valence-electron chi connectivity index (χ0n) is 15.0. The second-order valence-electron chi connectivity index (χ2n) is 6.07. The Labute approximate surface area is 163 Å². The molecule has 0 radical (unpaired) electrons. The third kappa shape index (κ3) is 3.97. The van der Waals surface area contributed by atoms with Gasteiger partial charge in [0.05, 0.1) is 35.0 Å². The normalized spacial score (nSPS) is 10.3. The van der Waals surface area contributed by atoms with E-state index in [-0.39, 0.29) is 5.91 Å². The number of ether oxygens (including phenoxy) is 1. The van der Waals surface area contributed by atoms with E-state index in [0.29, 0.717) is 28.4 Å². The number of methoxy groups -OCH3 is 1. The van der Waals surface area contributed by atoms with Gasteiger partial charge < -0.3 is 14.2 Å². The van der Waals surface area contributed by atoms with Gasteiger partial charge in [-0.1, -0.05) is 23.7 Å². The summed E-state index contributed by atoms with van der Waals surface area (Å²) in [5.74, 6) is 0.237. The molecule has 3 rings (SSSR count). The molecule has 0 aliphatic rings. The number of halogens is 1. The van der Waals surface area contributed by atoms with Crippen molar-refractivity contribution in [2.45, 2.75) is 6.54 Å². The SMILES string of the molecule is COc1cc(-n2cccc2)c(Cl)cc1C(=O)N(C)Cc1cccc(C#N)c1. The molecular formula is C21H18ClN3O2. The van der Waals surface area contributed by atoms with Crippen LogP contribution in [0.4, 0.5) is 0 Å². The highest BCUT2D eigenvalue weighted by Crippen LogP contribution is 2.31. The van der Waals surface area contributed by atoms with Crippen LogP contribution in [0.5, 0.6) is 5.75 Å². The van der Waals surface area contributed by atoms with Crippen molar-refractivity contribution in [3.63, 3.8) is 0 Å². The molecule has 136 valence electrons. The van der Waals surface area contributed by atoms with E-state index in [0.717, 1.165) is 11.3 Å². The first kappa shape index (κ1) is 18.6. The maximum Gasteiger partial charge on any atom is 0.257 e. The van der Waals surface area contributed by atoms with Crippen molar-refractivity contribution < 1.29 is 9.53 Å². The van der Waals surface area contributed by atoms with E-state index in [4.69, 9.17) is 21.6 Å². The number of hydrogen-bond acceptors (Lipinski definition) is 3. The Hall–Kier alpha value is -3.23. The van der Waals surface area contributed by atoms with Crippen LogP contribution in [0.25, 0.3) is 5.69 Å². The van der Waals surface area contributed by atoms with Gasteiger partial charge in [0.2, 0.25) is 0 Å². The third-order valence-electron chi connectivity index (χ3n) is 4.20. The molecule has 0 spiro atoms. The Bertz CT molecular complexity index is 1010. The Balaban J connectivity index is 1.89. The number of rotatable bonds is 5.